The van der Waals surface area contributed by atoms with Crippen LogP contribution in [0.1, 0.15) is 46.5 Å². The number of carboxylic acids is 2. The molecular formula is C11H24O7. The zero-order chi connectivity index (χ0) is 14.3. The second-order valence-electron chi connectivity index (χ2n) is 3.16. The van der Waals surface area contributed by atoms with Gasteiger partial charge in [-0.1, -0.05) is 13.8 Å². The van der Waals surface area contributed by atoms with Crippen molar-refractivity contribution >= 4 is 18.2 Å². The van der Waals surface area contributed by atoms with E-state index in [1.807, 2.05) is 13.8 Å². The summed E-state index contributed by atoms with van der Waals surface area (Å²) in [6, 6.07) is 0. The van der Waals surface area contributed by atoms with Crippen LogP contribution >= 0.6 is 0 Å². The van der Waals surface area contributed by atoms with Crippen molar-refractivity contribution in [2.45, 2.75) is 52.6 Å². The highest BCUT2D eigenvalue weighted by molar-refractivity contribution is 5.66. The van der Waals surface area contributed by atoms with Crippen molar-refractivity contribution in [1.82, 2.24) is 0 Å². The highest BCUT2D eigenvalue weighted by Crippen LogP contribution is 1.82. The second-order valence-corrected chi connectivity index (χ2v) is 3.16. The van der Waals surface area contributed by atoms with E-state index in [1.54, 1.807) is 0 Å². The van der Waals surface area contributed by atoms with E-state index in [2.05, 4.69) is 0 Å². The molecule has 0 saturated carbocycles. The monoisotopic (exact) mass is 268 g/mol. The third kappa shape index (κ3) is 62.4. The lowest BCUT2D eigenvalue weighted by atomic mass is 10.4. The summed E-state index contributed by atoms with van der Waals surface area (Å²) in [6.07, 6.45) is 1.72. The number of aliphatic hydroxyl groups excluding tert-OH is 1. The van der Waals surface area contributed by atoms with Crippen molar-refractivity contribution in [3.63, 3.8) is 0 Å². The van der Waals surface area contributed by atoms with Crippen molar-refractivity contribution in [2.75, 3.05) is 0 Å². The zero-order valence-corrected chi connectivity index (χ0v) is 11.0. The maximum absolute atomic E-state index is 9.60. The van der Waals surface area contributed by atoms with Gasteiger partial charge in [0, 0.05) is 12.8 Å². The zero-order valence-electron chi connectivity index (χ0n) is 11.0. The van der Waals surface area contributed by atoms with Crippen LogP contribution in [0, 0.1) is 0 Å². The Kier molecular flexibility index (Phi) is 29.5. The number of carbonyl (C=O) groups excluding carboxylic acids is 1. The summed E-state index contributed by atoms with van der Waals surface area (Å²) in [5.41, 5.74) is 0. The fourth-order valence-corrected chi connectivity index (χ4v) is 0.428. The molecular weight excluding hydrogens is 244 g/mol. The number of hydrogen-bond donors (Lipinski definition) is 3. The van der Waals surface area contributed by atoms with Crippen molar-refractivity contribution in [1.29, 1.82) is 0 Å². The smallest absolute Gasteiger partial charge is 0.303 e. The predicted molar refractivity (Wildman–Crippen MR) is 66.4 cm³/mol. The van der Waals surface area contributed by atoms with Crippen molar-refractivity contribution in [3.8, 4) is 0 Å². The van der Waals surface area contributed by atoms with Gasteiger partial charge >= 0.3 is 11.9 Å². The number of rotatable bonds is 5. The molecule has 0 radical (unpaired) electrons. The molecule has 0 spiro atoms. The Balaban J connectivity index is -0.0000000799. The summed E-state index contributed by atoms with van der Waals surface area (Å²) >= 11 is 0. The number of aldehydes is 1. The predicted octanol–water partition coefficient (Wildman–Crippen LogP) is 0.484. The number of carboxylic acid groups (broad SMARTS) is 2. The first-order chi connectivity index (χ1) is 7.81. The third-order valence-corrected chi connectivity index (χ3v) is 1.12. The molecule has 7 nitrogen and oxygen atoms in total. The quantitative estimate of drug-likeness (QED) is 0.619. The standard InChI is InChI=1S/2C4H8O2.C3H6O2.H2O/c2*1-2-3-4(5)6;1-3(5)2-4;/h2*2-3H2,1H3,(H,5,6);2-3,5H,1H3;1H2. The minimum absolute atomic E-state index is 0. The molecule has 0 aromatic carbocycles. The number of aliphatic hydroxyl groups is 1. The van der Waals surface area contributed by atoms with Gasteiger partial charge in [-0.3, -0.25) is 9.59 Å². The molecule has 0 rings (SSSR count). The lowest BCUT2D eigenvalue weighted by Crippen LogP contribution is -1.97. The van der Waals surface area contributed by atoms with E-state index in [0.29, 0.717) is 19.1 Å². The van der Waals surface area contributed by atoms with Crippen LogP contribution in [0.3, 0.4) is 0 Å². The molecule has 0 bridgehead atoms. The molecule has 1 unspecified atom stereocenters. The largest absolute Gasteiger partial charge is 0.481 e. The normalized spacial score (nSPS) is 9.33. The van der Waals surface area contributed by atoms with Gasteiger partial charge in [0.1, 0.15) is 12.4 Å². The second kappa shape index (κ2) is 20.9. The van der Waals surface area contributed by atoms with Crippen LogP contribution in [0.4, 0.5) is 0 Å². The lowest BCUT2D eigenvalue weighted by molar-refractivity contribution is -0.138. The minimum atomic E-state index is -0.796. The molecule has 0 fully saturated rings. The summed E-state index contributed by atoms with van der Waals surface area (Å²) in [6.45, 7) is 5.09. The average molecular weight is 268 g/mol. The lowest BCUT2D eigenvalue weighted by Gasteiger charge is -1.79. The molecule has 0 aromatic heterocycles. The Morgan fingerprint density at radius 1 is 1.06 bits per heavy atom. The fourth-order valence-electron chi connectivity index (χ4n) is 0.428. The van der Waals surface area contributed by atoms with Gasteiger partial charge in [-0.2, -0.15) is 0 Å². The van der Waals surface area contributed by atoms with Gasteiger partial charge in [-0.05, 0) is 19.8 Å². The van der Waals surface area contributed by atoms with E-state index in [4.69, 9.17) is 15.3 Å². The molecule has 0 saturated heterocycles. The van der Waals surface area contributed by atoms with Gasteiger partial charge in [0.25, 0.3) is 0 Å². The first-order valence-corrected chi connectivity index (χ1v) is 5.38. The Morgan fingerprint density at radius 3 is 1.28 bits per heavy atom. The van der Waals surface area contributed by atoms with Crippen molar-refractivity contribution in [2.24, 2.45) is 0 Å². The van der Waals surface area contributed by atoms with Crippen LogP contribution in [-0.4, -0.2) is 45.1 Å². The van der Waals surface area contributed by atoms with E-state index >= 15 is 0 Å². The fraction of sp³-hybridized carbons (Fsp3) is 0.727. The van der Waals surface area contributed by atoms with Crippen molar-refractivity contribution < 1.29 is 35.2 Å². The maximum atomic E-state index is 9.60. The molecule has 110 valence electrons. The molecule has 0 heterocycles. The minimum Gasteiger partial charge on any atom is -0.481 e. The molecule has 7 heteroatoms. The summed E-state index contributed by atoms with van der Waals surface area (Å²) in [5.74, 6) is -1.42. The highest BCUT2D eigenvalue weighted by Gasteiger charge is 1.88. The highest BCUT2D eigenvalue weighted by atomic mass is 16.4. The summed E-state index contributed by atoms with van der Waals surface area (Å²) in [7, 11) is 0. The van der Waals surface area contributed by atoms with E-state index in [1.165, 1.54) is 6.92 Å². The van der Waals surface area contributed by atoms with E-state index in [0.717, 1.165) is 12.8 Å². The summed E-state index contributed by atoms with van der Waals surface area (Å²) in [5, 5.41) is 23.8. The Bertz CT molecular complexity index is 186. The van der Waals surface area contributed by atoms with Crippen LogP contribution in [0.5, 0.6) is 0 Å². The molecule has 0 aliphatic rings. The summed E-state index contributed by atoms with van der Waals surface area (Å²) < 4.78 is 0. The van der Waals surface area contributed by atoms with Gasteiger partial charge in [-0.25, -0.2) is 0 Å². The van der Waals surface area contributed by atoms with Gasteiger partial charge in [0.05, 0.1) is 0 Å². The first-order valence-electron chi connectivity index (χ1n) is 5.38. The number of hydrogen-bond acceptors (Lipinski definition) is 4. The van der Waals surface area contributed by atoms with Gasteiger partial charge < -0.3 is 25.6 Å². The van der Waals surface area contributed by atoms with Crippen LogP contribution in [-0.2, 0) is 14.4 Å². The maximum Gasteiger partial charge on any atom is 0.303 e. The molecule has 0 aliphatic carbocycles. The Labute approximate surface area is 107 Å². The Morgan fingerprint density at radius 2 is 1.28 bits per heavy atom. The van der Waals surface area contributed by atoms with E-state index in [-0.39, 0.29) is 5.48 Å². The van der Waals surface area contributed by atoms with E-state index in [9.17, 15) is 14.4 Å². The molecule has 5 N–H and O–H groups in total. The van der Waals surface area contributed by atoms with Crippen LogP contribution in [0.25, 0.3) is 0 Å². The van der Waals surface area contributed by atoms with E-state index < -0.39 is 18.0 Å². The SMILES string of the molecule is CC(O)C=O.CCCC(=O)O.CCCC(=O)O.O. The van der Waals surface area contributed by atoms with Crippen LogP contribution < -0.4 is 0 Å². The summed E-state index contributed by atoms with van der Waals surface area (Å²) in [4.78, 5) is 28.5. The van der Waals surface area contributed by atoms with Crippen LogP contribution in [0.15, 0.2) is 0 Å². The molecule has 0 aromatic rings. The topological polar surface area (TPSA) is 143 Å². The van der Waals surface area contributed by atoms with Gasteiger partial charge in [0.2, 0.25) is 0 Å². The molecule has 0 aliphatic heterocycles. The van der Waals surface area contributed by atoms with Gasteiger partial charge in [-0.15, -0.1) is 0 Å². The third-order valence-electron chi connectivity index (χ3n) is 1.12. The molecule has 0 amide bonds. The van der Waals surface area contributed by atoms with Crippen molar-refractivity contribution in [3.05, 3.63) is 0 Å². The average Bonchev–Trinajstić information content (AvgIpc) is 2.19. The number of aliphatic carboxylic acids is 2. The van der Waals surface area contributed by atoms with Crippen LogP contribution in [0.2, 0.25) is 0 Å². The molecule has 18 heavy (non-hydrogen) atoms. The Hall–Kier alpha value is -1.47. The molecule has 1 atom stereocenters. The first kappa shape index (κ1) is 25.4. The van der Waals surface area contributed by atoms with Gasteiger partial charge in [0.15, 0.2) is 0 Å². The number of carbonyl (C=O) groups is 3.